The highest BCUT2D eigenvalue weighted by molar-refractivity contribution is 14.0. The summed E-state index contributed by atoms with van der Waals surface area (Å²) in [6, 6.07) is 0. The molecule has 0 amide bonds. The minimum atomic E-state index is 0. The second-order valence-electron chi connectivity index (χ2n) is 6.53. The molecule has 130 valence electrons. The monoisotopic (exact) mass is 450 g/mol. The van der Waals surface area contributed by atoms with Crippen molar-refractivity contribution in [2.45, 2.75) is 33.1 Å². The molecule has 1 aromatic rings. The molecule has 0 unspecified atom stereocenters. The third kappa shape index (κ3) is 4.68. The predicted molar refractivity (Wildman–Crippen MR) is 107 cm³/mol. The van der Waals surface area contributed by atoms with Crippen molar-refractivity contribution < 1.29 is 0 Å². The van der Waals surface area contributed by atoms with E-state index in [1.807, 2.05) is 7.05 Å². The Hall–Kier alpha value is -0.640. The lowest BCUT2D eigenvalue weighted by molar-refractivity contribution is 0.367. The van der Waals surface area contributed by atoms with Crippen LogP contribution in [0.2, 0.25) is 0 Å². The van der Waals surface area contributed by atoms with Gasteiger partial charge in [0, 0.05) is 57.7 Å². The number of guanidine groups is 1. The van der Waals surface area contributed by atoms with Gasteiger partial charge in [-0.25, -0.2) is 4.98 Å². The summed E-state index contributed by atoms with van der Waals surface area (Å²) < 4.78 is 4.38. The third-order valence-corrected chi connectivity index (χ3v) is 5.43. The number of halogens is 1. The molecule has 1 aliphatic carbocycles. The molecule has 0 spiro atoms. The molecule has 1 aliphatic heterocycles. The SMILES string of the molecule is CCc1nsc(N2CCN(C(=NC)NCC3(C)CC3)CC2)n1.I. The second kappa shape index (κ2) is 7.96. The van der Waals surface area contributed by atoms with Crippen LogP contribution in [-0.4, -0.2) is 60.0 Å². The zero-order valence-corrected chi connectivity index (χ0v) is 17.4. The maximum Gasteiger partial charge on any atom is 0.205 e. The molecule has 2 aliphatic rings. The minimum absolute atomic E-state index is 0. The lowest BCUT2D eigenvalue weighted by atomic mass is 10.1. The molecule has 0 aromatic carbocycles. The molecule has 8 heteroatoms. The molecule has 6 nitrogen and oxygen atoms in total. The minimum Gasteiger partial charge on any atom is -0.356 e. The van der Waals surface area contributed by atoms with Crippen LogP contribution in [0.25, 0.3) is 0 Å². The van der Waals surface area contributed by atoms with Crippen molar-refractivity contribution in [1.82, 2.24) is 19.6 Å². The summed E-state index contributed by atoms with van der Waals surface area (Å²) in [5.74, 6) is 2.00. The Bertz CT molecular complexity index is 534. The highest BCUT2D eigenvalue weighted by Gasteiger charge is 2.37. The van der Waals surface area contributed by atoms with Crippen LogP contribution in [0.5, 0.6) is 0 Å². The Morgan fingerprint density at radius 1 is 1.30 bits per heavy atom. The Morgan fingerprint density at radius 2 is 2.00 bits per heavy atom. The number of aliphatic imine (C=N–C) groups is 1. The number of anilines is 1. The van der Waals surface area contributed by atoms with Gasteiger partial charge >= 0.3 is 0 Å². The van der Waals surface area contributed by atoms with Crippen LogP contribution in [0.15, 0.2) is 4.99 Å². The number of rotatable bonds is 4. The first-order valence-electron chi connectivity index (χ1n) is 8.17. The number of piperazine rings is 1. The van der Waals surface area contributed by atoms with Crippen molar-refractivity contribution in [2.75, 3.05) is 44.7 Å². The van der Waals surface area contributed by atoms with Gasteiger partial charge in [0.25, 0.3) is 0 Å². The van der Waals surface area contributed by atoms with E-state index in [0.29, 0.717) is 5.41 Å². The van der Waals surface area contributed by atoms with Crippen LogP contribution in [0.1, 0.15) is 32.5 Å². The van der Waals surface area contributed by atoms with Crippen molar-refractivity contribution in [3.05, 3.63) is 5.82 Å². The molecule has 1 saturated heterocycles. The first-order chi connectivity index (χ1) is 10.6. The predicted octanol–water partition coefficient (Wildman–Crippen LogP) is 2.22. The fourth-order valence-electron chi connectivity index (χ4n) is 2.64. The number of nitrogens with one attached hydrogen (secondary N) is 1. The Labute approximate surface area is 159 Å². The molecule has 0 atom stereocenters. The van der Waals surface area contributed by atoms with Crippen LogP contribution in [-0.2, 0) is 6.42 Å². The Kier molecular flexibility index (Phi) is 6.47. The van der Waals surface area contributed by atoms with Gasteiger partial charge in [-0.3, -0.25) is 4.99 Å². The average Bonchev–Trinajstić information content (AvgIpc) is 3.10. The summed E-state index contributed by atoms with van der Waals surface area (Å²) in [5, 5.41) is 4.60. The maximum atomic E-state index is 4.59. The van der Waals surface area contributed by atoms with Crippen LogP contribution in [0, 0.1) is 5.41 Å². The van der Waals surface area contributed by atoms with E-state index in [9.17, 15) is 0 Å². The average molecular weight is 450 g/mol. The number of aromatic nitrogens is 2. The van der Waals surface area contributed by atoms with E-state index in [1.165, 1.54) is 24.4 Å². The van der Waals surface area contributed by atoms with Crippen molar-refractivity contribution in [3.63, 3.8) is 0 Å². The molecular formula is C15H27IN6S. The highest BCUT2D eigenvalue weighted by atomic mass is 127. The smallest absolute Gasteiger partial charge is 0.205 e. The largest absolute Gasteiger partial charge is 0.356 e. The number of hydrogen-bond donors (Lipinski definition) is 1. The summed E-state index contributed by atoms with van der Waals surface area (Å²) in [6.07, 6.45) is 3.58. The number of aryl methyl sites for hydroxylation is 1. The molecule has 3 rings (SSSR count). The molecule has 1 aromatic heterocycles. The first-order valence-corrected chi connectivity index (χ1v) is 8.94. The molecule has 0 radical (unpaired) electrons. The van der Waals surface area contributed by atoms with E-state index < -0.39 is 0 Å². The standard InChI is InChI=1S/C15H26N6S.HI/c1-4-12-18-14(22-19-12)21-9-7-20(8-10-21)13(16-3)17-11-15(2)5-6-15;/h4-11H2,1-3H3,(H,16,17);1H. The van der Waals surface area contributed by atoms with E-state index in [2.05, 4.69) is 43.3 Å². The van der Waals surface area contributed by atoms with Crippen LogP contribution in [0.4, 0.5) is 5.13 Å². The van der Waals surface area contributed by atoms with E-state index >= 15 is 0 Å². The second-order valence-corrected chi connectivity index (χ2v) is 7.26. The lowest BCUT2D eigenvalue weighted by Crippen LogP contribution is -2.53. The summed E-state index contributed by atoms with van der Waals surface area (Å²) in [6.45, 7) is 9.41. The number of hydrogen-bond acceptors (Lipinski definition) is 5. The van der Waals surface area contributed by atoms with E-state index in [0.717, 1.165) is 56.1 Å². The van der Waals surface area contributed by atoms with Gasteiger partial charge in [0.15, 0.2) is 5.96 Å². The van der Waals surface area contributed by atoms with E-state index in [1.54, 1.807) is 0 Å². The summed E-state index contributed by atoms with van der Waals surface area (Å²) in [7, 11) is 1.88. The first kappa shape index (κ1) is 18.7. The molecule has 1 saturated carbocycles. The number of nitrogens with zero attached hydrogens (tertiary/aromatic N) is 5. The van der Waals surface area contributed by atoms with Gasteiger partial charge in [-0.15, -0.1) is 24.0 Å². The Balaban J connectivity index is 0.00000192. The molecule has 2 fully saturated rings. The summed E-state index contributed by atoms with van der Waals surface area (Å²) >= 11 is 1.52. The van der Waals surface area contributed by atoms with Crippen molar-refractivity contribution in [2.24, 2.45) is 10.4 Å². The quantitative estimate of drug-likeness (QED) is 0.433. The molecule has 23 heavy (non-hydrogen) atoms. The van der Waals surface area contributed by atoms with Crippen molar-refractivity contribution >= 4 is 46.6 Å². The zero-order chi connectivity index (χ0) is 15.6. The summed E-state index contributed by atoms with van der Waals surface area (Å²) in [4.78, 5) is 13.7. The zero-order valence-electron chi connectivity index (χ0n) is 14.2. The molecular weight excluding hydrogens is 423 g/mol. The maximum absolute atomic E-state index is 4.59. The normalized spacial score (nSPS) is 20.2. The van der Waals surface area contributed by atoms with Gasteiger partial charge in [-0.05, 0) is 18.3 Å². The fourth-order valence-corrected chi connectivity index (χ4v) is 3.44. The van der Waals surface area contributed by atoms with Crippen LogP contribution >= 0.6 is 35.5 Å². The van der Waals surface area contributed by atoms with Gasteiger partial charge in [-0.2, -0.15) is 4.37 Å². The molecule has 0 bridgehead atoms. The third-order valence-electron chi connectivity index (χ3n) is 4.61. The van der Waals surface area contributed by atoms with Crippen LogP contribution < -0.4 is 10.2 Å². The van der Waals surface area contributed by atoms with Gasteiger partial charge in [0.05, 0.1) is 0 Å². The van der Waals surface area contributed by atoms with Gasteiger partial charge in [0.1, 0.15) is 5.82 Å². The Morgan fingerprint density at radius 3 is 2.52 bits per heavy atom. The topological polar surface area (TPSA) is 56.7 Å². The summed E-state index contributed by atoms with van der Waals surface area (Å²) in [5.41, 5.74) is 0.501. The van der Waals surface area contributed by atoms with Crippen molar-refractivity contribution in [3.8, 4) is 0 Å². The fraction of sp³-hybridized carbons (Fsp3) is 0.800. The van der Waals surface area contributed by atoms with Crippen molar-refractivity contribution in [1.29, 1.82) is 0 Å². The van der Waals surface area contributed by atoms with Gasteiger partial charge in [0.2, 0.25) is 5.13 Å². The highest BCUT2D eigenvalue weighted by Crippen LogP contribution is 2.44. The van der Waals surface area contributed by atoms with Gasteiger partial charge in [-0.1, -0.05) is 13.8 Å². The van der Waals surface area contributed by atoms with E-state index in [4.69, 9.17) is 0 Å². The lowest BCUT2D eigenvalue weighted by Gasteiger charge is -2.36. The van der Waals surface area contributed by atoms with Gasteiger partial charge < -0.3 is 15.1 Å². The van der Waals surface area contributed by atoms with Crippen LogP contribution in [0.3, 0.4) is 0 Å². The molecule has 1 N–H and O–H groups in total. The van der Waals surface area contributed by atoms with E-state index in [-0.39, 0.29) is 24.0 Å². The molecule has 2 heterocycles.